The molecule has 0 saturated heterocycles. The van der Waals surface area contributed by atoms with Gasteiger partial charge >= 0.3 is 5.97 Å². The number of tetrazole rings is 1. The molecule has 7 nitrogen and oxygen atoms in total. The highest BCUT2D eigenvalue weighted by Gasteiger charge is 2.45. The summed E-state index contributed by atoms with van der Waals surface area (Å²) in [5.74, 6) is 1.60. The summed E-state index contributed by atoms with van der Waals surface area (Å²) in [5, 5.41) is 23.4. The average Bonchev–Trinajstić information content (AvgIpc) is 2.92. The Morgan fingerprint density at radius 1 is 1.40 bits per heavy atom. The summed E-state index contributed by atoms with van der Waals surface area (Å²) in [5.41, 5.74) is 5.02. The highest BCUT2D eigenvalue weighted by atomic mass is 16.4. The molecule has 0 bridgehead atoms. The van der Waals surface area contributed by atoms with Gasteiger partial charge < -0.3 is 10.8 Å². The van der Waals surface area contributed by atoms with Crippen LogP contribution in [0.5, 0.6) is 0 Å². The van der Waals surface area contributed by atoms with Crippen molar-refractivity contribution in [3.63, 3.8) is 0 Å². The van der Waals surface area contributed by atoms with Crippen molar-refractivity contribution in [3.8, 4) is 0 Å². The van der Waals surface area contributed by atoms with Crippen molar-refractivity contribution < 1.29 is 9.90 Å². The molecule has 0 aromatic carbocycles. The Bertz CT molecular complexity index is 477. The van der Waals surface area contributed by atoms with E-state index in [2.05, 4.69) is 20.6 Å². The third-order valence-electron chi connectivity index (χ3n) is 5.12. The summed E-state index contributed by atoms with van der Waals surface area (Å²) in [6.45, 7) is 0. The second kappa shape index (κ2) is 5.12. The molecule has 0 radical (unpaired) electrons. The Labute approximate surface area is 117 Å². The van der Waals surface area contributed by atoms with Gasteiger partial charge in [0, 0.05) is 6.42 Å². The maximum atomic E-state index is 11.3. The second-order valence-electron chi connectivity index (χ2n) is 6.44. The van der Waals surface area contributed by atoms with Gasteiger partial charge in [-0.25, -0.2) is 0 Å². The molecule has 20 heavy (non-hydrogen) atoms. The standard InChI is InChI=1S/C13H21N5O2/c14-13(12(19)20)4-3-9-5-8(1-2-10(9)7-13)6-11-15-17-18-16-11/h8-10H,1-7,14H2,(H,19,20)(H,15,16,17,18)/t8-,9-,10+,13+/m1/s1. The molecule has 4 N–H and O–H groups in total. The first kappa shape index (κ1) is 13.5. The first-order valence-electron chi connectivity index (χ1n) is 7.31. The summed E-state index contributed by atoms with van der Waals surface area (Å²) in [4.78, 5) is 11.3. The van der Waals surface area contributed by atoms with Gasteiger partial charge in [0.25, 0.3) is 0 Å². The predicted octanol–water partition coefficient (Wildman–Crippen LogP) is 0.741. The van der Waals surface area contributed by atoms with E-state index >= 15 is 0 Å². The van der Waals surface area contributed by atoms with Gasteiger partial charge in [0.2, 0.25) is 0 Å². The van der Waals surface area contributed by atoms with Gasteiger partial charge in [-0.3, -0.25) is 4.79 Å². The third kappa shape index (κ3) is 2.54. The number of nitrogens with zero attached hydrogens (tertiary/aromatic N) is 3. The zero-order valence-electron chi connectivity index (χ0n) is 11.5. The van der Waals surface area contributed by atoms with Gasteiger partial charge in [0.15, 0.2) is 5.82 Å². The lowest BCUT2D eigenvalue weighted by Gasteiger charge is -2.44. The minimum atomic E-state index is -0.998. The normalized spacial score (nSPS) is 37.4. The van der Waals surface area contributed by atoms with Crippen molar-refractivity contribution in [2.75, 3.05) is 0 Å². The molecule has 0 unspecified atom stereocenters. The van der Waals surface area contributed by atoms with Crippen molar-refractivity contribution >= 4 is 5.97 Å². The van der Waals surface area contributed by atoms with E-state index in [1.54, 1.807) is 0 Å². The Morgan fingerprint density at radius 2 is 2.25 bits per heavy atom. The zero-order chi connectivity index (χ0) is 14.2. The maximum Gasteiger partial charge on any atom is 0.323 e. The summed E-state index contributed by atoms with van der Waals surface area (Å²) in [6, 6.07) is 0. The van der Waals surface area contributed by atoms with Crippen LogP contribution in [-0.4, -0.2) is 37.2 Å². The molecule has 1 aromatic rings. The Balaban J connectivity index is 1.59. The van der Waals surface area contributed by atoms with Gasteiger partial charge in [-0.05, 0) is 56.3 Å². The number of H-pyrrole nitrogens is 1. The van der Waals surface area contributed by atoms with E-state index in [1.165, 1.54) is 0 Å². The molecule has 7 heteroatoms. The molecule has 2 aliphatic rings. The molecule has 2 saturated carbocycles. The molecule has 2 fully saturated rings. The molecule has 0 aliphatic heterocycles. The van der Waals surface area contributed by atoms with Crippen molar-refractivity contribution in [2.45, 2.75) is 50.5 Å². The number of aliphatic carboxylic acids is 1. The summed E-state index contributed by atoms with van der Waals surface area (Å²) in [6.07, 6.45) is 6.32. The van der Waals surface area contributed by atoms with Crippen molar-refractivity contribution in [1.29, 1.82) is 0 Å². The number of hydrogen-bond donors (Lipinski definition) is 3. The minimum Gasteiger partial charge on any atom is -0.480 e. The molecule has 0 amide bonds. The van der Waals surface area contributed by atoms with E-state index in [-0.39, 0.29) is 0 Å². The van der Waals surface area contributed by atoms with Gasteiger partial charge in [-0.2, -0.15) is 5.21 Å². The predicted molar refractivity (Wildman–Crippen MR) is 70.6 cm³/mol. The molecule has 2 aliphatic carbocycles. The Kier molecular flexibility index (Phi) is 3.45. The Hall–Kier alpha value is -1.50. The highest BCUT2D eigenvalue weighted by molar-refractivity contribution is 5.78. The van der Waals surface area contributed by atoms with E-state index in [4.69, 9.17) is 5.73 Å². The minimum absolute atomic E-state index is 0.464. The highest BCUT2D eigenvalue weighted by Crippen LogP contribution is 2.45. The van der Waals surface area contributed by atoms with Crippen LogP contribution < -0.4 is 5.73 Å². The van der Waals surface area contributed by atoms with Crippen molar-refractivity contribution in [3.05, 3.63) is 5.82 Å². The zero-order valence-corrected chi connectivity index (χ0v) is 11.5. The van der Waals surface area contributed by atoms with Crippen LogP contribution in [0.15, 0.2) is 0 Å². The van der Waals surface area contributed by atoms with Gasteiger partial charge in [-0.1, -0.05) is 5.21 Å². The van der Waals surface area contributed by atoms with Crippen LogP contribution in [0.3, 0.4) is 0 Å². The number of carboxylic acids is 1. The summed E-state index contributed by atoms with van der Waals surface area (Å²) in [7, 11) is 0. The molecular formula is C13H21N5O2. The maximum absolute atomic E-state index is 11.3. The van der Waals surface area contributed by atoms with Crippen LogP contribution >= 0.6 is 0 Å². The average molecular weight is 279 g/mol. The van der Waals surface area contributed by atoms with Crippen LogP contribution in [0.4, 0.5) is 0 Å². The number of aromatic nitrogens is 4. The van der Waals surface area contributed by atoms with Crippen LogP contribution in [0.25, 0.3) is 0 Å². The van der Waals surface area contributed by atoms with Crippen LogP contribution in [-0.2, 0) is 11.2 Å². The molecule has 1 heterocycles. The van der Waals surface area contributed by atoms with Crippen LogP contribution in [0, 0.1) is 17.8 Å². The fraction of sp³-hybridized carbons (Fsp3) is 0.846. The number of nitrogens with two attached hydrogens (primary N) is 1. The van der Waals surface area contributed by atoms with Crippen LogP contribution in [0.2, 0.25) is 0 Å². The fourth-order valence-corrected chi connectivity index (χ4v) is 3.97. The smallest absolute Gasteiger partial charge is 0.323 e. The summed E-state index contributed by atoms with van der Waals surface area (Å²) < 4.78 is 0. The lowest BCUT2D eigenvalue weighted by molar-refractivity contribution is -0.146. The monoisotopic (exact) mass is 279 g/mol. The number of carbonyl (C=O) groups is 1. The SMILES string of the molecule is N[C@@]1(C(=O)O)CC[C@@H]2C[C@H](Cc3nn[nH]n3)CC[C@H]2C1. The lowest BCUT2D eigenvalue weighted by atomic mass is 9.62. The lowest BCUT2D eigenvalue weighted by Crippen LogP contribution is -2.53. The number of hydrogen-bond acceptors (Lipinski definition) is 5. The van der Waals surface area contributed by atoms with Gasteiger partial charge in [0.1, 0.15) is 5.54 Å². The van der Waals surface area contributed by atoms with E-state index in [0.29, 0.717) is 30.6 Å². The van der Waals surface area contributed by atoms with Crippen LogP contribution in [0.1, 0.15) is 44.3 Å². The van der Waals surface area contributed by atoms with E-state index in [1.807, 2.05) is 0 Å². The van der Waals surface area contributed by atoms with E-state index in [0.717, 1.165) is 37.9 Å². The fourth-order valence-electron chi connectivity index (χ4n) is 3.97. The molecule has 1 aromatic heterocycles. The van der Waals surface area contributed by atoms with Gasteiger partial charge in [-0.15, -0.1) is 10.2 Å². The Morgan fingerprint density at radius 3 is 2.95 bits per heavy atom. The number of rotatable bonds is 3. The van der Waals surface area contributed by atoms with E-state index in [9.17, 15) is 9.90 Å². The quantitative estimate of drug-likeness (QED) is 0.751. The largest absolute Gasteiger partial charge is 0.480 e. The van der Waals surface area contributed by atoms with Gasteiger partial charge in [0.05, 0.1) is 0 Å². The third-order valence-corrected chi connectivity index (χ3v) is 5.12. The number of nitrogens with one attached hydrogen (secondary N) is 1. The van der Waals surface area contributed by atoms with Crippen molar-refractivity contribution in [2.24, 2.45) is 23.5 Å². The number of aromatic amines is 1. The number of carboxylic acid groups (broad SMARTS) is 1. The summed E-state index contributed by atoms with van der Waals surface area (Å²) >= 11 is 0. The topological polar surface area (TPSA) is 118 Å². The molecule has 4 atom stereocenters. The molecule has 110 valence electrons. The first-order chi connectivity index (χ1) is 9.57. The van der Waals surface area contributed by atoms with Crippen molar-refractivity contribution in [1.82, 2.24) is 20.6 Å². The molecule has 3 rings (SSSR count). The number of fused-ring (bicyclic) bond motifs is 1. The molecule has 0 spiro atoms. The first-order valence-corrected chi connectivity index (χ1v) is 7.31. The van der Waals surface area contributed by atoms with E-state index < -0.39 is 11.5 Å². The molecular weight excluding hydrogens is 258 g/mol. The second-order valence-corrected chi connectivity index (χ2v) is 6.44.